The van der Waals surface area contributed by atoms with Gasteiger partial charge < -0.3 is 24.6 Å². The van der Waals surface area contributed by atoms with Gasteiger partial charge in [0.15, 0.2) is 0 Å². The maximum absolute atomic E-state index is 11.0. The first-order valence-electron chi connectivity index (χ1n) is 6.55. The molecule has 1 amide bonds. The Hall–Kier alpha value is -1.63. The average molecular weight is 281 g/mol. The standard InChI is InChI=1S/C14H19NO5/c16-8-12-6-15(14(17)18)7-13(20-12)10-19-9-11-4-2-1-3-5-11/h1-5,12-13,16H,6-10H2,(H,17,18)/t12-,13+/m0/s1. The van der Waals surface area contributed by atoms with Gasteiger partial charge in [0.25, 0.3) is 0 Å². The van der Waals surface area contributed by atoms with Gasteiger partial charge in [-0.1, -0.05) is 30.3 Å². The normalized spacial score (nSPS) is 22.8. The highest BCUT2D eigenvalue weighted by Crippen LogP contribution is 2.12. The van der Waals surface area contributed by atoms with Crippen molar-refractivity contribution < 1.29 is 24.5 Å². The van der Waals surface area contributed by atoms with Crippen LogP contribution in [0.4, 0.5) is 4.79 Å². The smallest absolute Gasteiger partial charge is 0.407 e. The van der Waals surface area contributed by atoms with Crippen molar-refractivity contribution in [1.82, 2.24) is 4.90 Å². The summed E-state index contributed by atoms with van der Waals surface area (Å²) in [4.78, 5) is 12.3. The molecule has 0 aromatic heterocycles. The zero-order valence-corrected chi connectivity index (χ0v) is 11.1. The fourth-order valence-electron chi connectivity index (χ4n) is 2.16. The molecule has 0 radical (unpaired) electrons. The van der Waals surface area contributed by atoms with Crippen LogP contribution in [0.15, 0.2) is 30.3 Å². The van der Waals surface area contributed by atoms with Gasteiger partial charge in [-0.05, 0) is 5.56 Å². The maximum atomic E-state index is 11.0. The molecule has 2 N–H and O–H groups in total. The van der Waals surface area contributed by atoms with Gasteiger partial charge in [0, 0.05) is 0 Å². The van der Waals surface area contributed by atoms with Crippen molar-refractivity contribution in [3.8, 4) is 0 Å². The minimum absolute atomic E-state index is 0.195. The van der Waals surface area contributed by atoms with E-state index < -0.39 is 12.2 Å². The summed E-state index contributed by atoms with van der Waals surface area (Å²) in [7, 11) is 0. The minimum atomic E-state index is -1.00. The molecule has 1 saturated heterocycles. The van der Waals surface area contributed by atoms with Gasteiger partial charge in [-0.2, -0.15) is 0 Å². The van der Waals surface area contributed by atoms with Crippen LogP contribution in [0.2, 0.25) is 0 Å². The van der Waals surface area contributed by atoms with Crippen molar-refractivity contribution in [2.45, 2.75) is 18.8 Å². The van der Waals surface area contributed by atoms with Crippen LogP contribution in [0, 0.1) is 0 Å². The number of hydrogen-bond donors (Lipinski definition) is 2. The second-order valence-corrected chi connectivity index (χ2v) is 4.75. The number of rotatable bonds is 5. The molecule has 0 saturated carbocycles. The second kappa shape index (κ2) is 7.23. The third kappa shape index (κ3) is 4.19. The predicted molar refractivity (Wildman–Crippen MR) is 71.4 cm³/mol. The van der Waals surface area contributed by atoms with Gasteiger partial charge in [-0.25, -0.2) is 4.79 Å². The van der Waals surface area contributed by atoms with E-state index in [-0.39, 0.29) is 25.8 Å². The molecule has 1 heterocycles. The number of aliphatic hydroxyl groups is 1. The van der Waals surface area contributed by atoms with Crippen LogP contribution >= 0.6 is 0 Å². The Balaban J connectivity index is 1.80. The molecule has 0 bridgehead atoms. The van der Waals surface area contributed by atoms with Crippen molar-refractivity contribution in [1.29, 1.82) is 0 Å². The highest BCUT2D eigenvalue weighted by Gasteiger charge is 2.30. The van der Waals surface area contributed by atoms with Gasteiger partial charge in [-0.3, -0.25) is 0 Å². The van der Waals surface area contributed by atoms with Crippen LogP contribution < -0.4 is 0 Å². The Morgan fingerprint density at radius 3 is 2.65 bits per heavy atom. The molecule has 2 rings (SSSR count). The van der Waals surface area contributed by atoms with E-state index in [4.69, 9.17) is 19.7 Å². The molecule has 1 fully saturated rings. The fraction of sp³-hybridized carbons (Fsp3) is 0.500. The van der Waals surface area contributed by atoms with E-state index in [0.29, 0.717) is 13.2 Å². The average Bonchev–Trinajstić information content (AvgIpc) is 2.48. The number of hydrogen-bond acceptors (Lipinski definition) is 4. The van der Waals surface area contributed by atoms with E-state index in [9.17, 15) is 4.79 Å². The highest BCUT2D eigenvalue weighted by molar-refractivity contribution is 5.65. The number of carboxylic acid groups (broad SMARTS) is 1. The molecule has 6 nitrogen and oxygen atoms in total. The molecule has 0 spiro atoms. The van der Waals surface area contributed by atoms with Gasteiger partial charge in [0.2, 0.25) is 0 Å². The van der Waals surface area contributed by atoms with Crippen LogP contribution in [0.3, 0.4) is 0 Å². The summed E-state index contributed by atoms with van der Waals surface area (Å²) in [5, 5.41) is 18.1. The Kier molecular flexibility index (Phi) is 5.34. The van der Waals surface area contributed by atoms with E-state index in [1.54, 1.807) is 0 Å². The van der Waals surface area contributed by atoms with Crippen molar-refractivity contribution in [3.63, 3.8) is 0 Å². The molecular weight excluding hydrogens is 262 g/mol. The highest BCUT2D eigenvalue weighted by atomic mass is 16.5. The molecule has 6 heteroatoms. The molecule has 110 valence electrons. The minimum Gasteiger partial charge on any atom is -0.465 e. The first-order valence-corrected chi connectivity index (χ1v) is 6.55. The topological polar surface area (TPSA) is 79.2 Å². The molecule has 20 heavy (non-hydrogen) atoms. The summed E-state index contributed by atoms with van der Waals surface area (Å²) >= 11 is 0. The summed E-state index contributed by atoms with van der Waals surface area (Å²) in [6, 6.07) is 9.72. The number of ether oxygens (including phenoxy) is 2. The molecule has 1 aromatic carbocycles. The number of carbonyl (C=O) groups is 1. The maximum Gasteiger partial charge on any atom is 0.407 e. The van der Waals surface area contributed by atoms with Crippen LogP contribution in [-0.2, 0) is 16.1 Å². The number of aliphatic hydroxyl groups excluding tert-OH is 1. The first kappa shape index (κ1) is 14.8. The van der Waals surface area contributed by atoms with Crippen LogP contribution in [-0.4, -0.2) is 59.7 Å². The summed E-state index contributed by atoms with van der Waals surface area (Å²) in [6.07, 6.45) is -1.83. The van der Waals surface area contributed by atoms with Gasteiger partial charge in [-0.15, -0.1) is 0 Å². The van der Waals surface area contributed by atoms with Crippen molar-refractivity contribution in [2.75, 3.05) is 26.3 Å². The lowest BCUT2D eigenvalue weighted by atomic mass is 10.2. The summed E-state index contributed by atoms with van der Waals surface area (Å²) in [5.74, 6) is 0. The number of morpholine rings is 1. The van der Waals surface area contributed by atoms with Crippen LogP contribution in [0.5, 0.6) is 0 Å². The predicted octanol–water partition coefficient (Wildman–Crippen LogP) is 0.943. The van der Waals surface area contributed by atoms with E-state index in [1.165, 1.54) is 4.90 Å². The third-order valence-corrected chi connectivity index (χ3v) is 3.12. The van der Waals surface area contributed by atoms with Gasteiger partial charge in [0.05, 0.1) is 45.1 Å². The summed E-state index contributed by atoms with van der Waals surface area (Å²) < 4.78 is 11.1. The van der Waals surface area contributed by atoms with Crippen molar-refractivity contribution >= 4 is 6.09 Å². The first-order chi connectivity index (χ1) is 9.69. The zero-order chi connectivity index (χ0) is 14.4. The van der Waals surface area contributed by atoms with Gasteiger partial charge in [0.1, 0.15) is 0 Å². The van der Waals surface area contributed by atoms with E-state index in [0.717, 1.165) is 5.56 Å². The van der Waals surface area contributed by atoms with Crippen molar-refractivity contribution in [2.24, 2.45) is 0 Å². The van der Waals surface area contributed by atoms with E-state index >= 15 is 0 Å². The molecule has 1 aliphatic rings. The number of amides is 1. The summed E-state index contributed by atoms with van der Waals surface area (Å²) in [6.45, 7) is 1.02. The van der Waals surface area contributed by atoms with Gasteiger partial charge >= 0.3 is 6.09 Å². The lowest BCUT2D eigenvalue weighted by Crippen LogP contribution is -2.52. The Morgan fingerprint density at radius 2 is 2.00 bits per heavy atom. The van der Waals surface area contributed by atoms with E-state index in [1.807, 2.05) is 30.3 Å². The Bertz CT molecular complexity index is 425. The van der Waals surface area contributed by atoms with E-state index in [2.05, 4.69) is 0 Å². The number of nitrogens with zero attached hydrogens (tertiary/aromatic N) is 1. The largest absolute Gasteiger partial charge is 0.465 e. The quantitative estimate of drug-likeness (QED) is 0.840. The SMILES string of the molecule is O=C(O)N1C[C@@H](CO)O[C@@H](COCc2ccccc2)C1. The molecule has 1 aromatic rings. The third-order valence-electron chi connectivity index (χ3n) is 3.12. The molecular formula is C14H19NO5. The Morgan fingerprint density at radius 1 is 1.30 bits per heavy atom. The molecule has 0 aliphatic carbocycles. The molecule has 1 aliphatic heterocycles. The Labute approximate surface area is 117 Å². The van der Waals surface area contributed by atoms with Crippen molar-refractivity contribution in [3.05, 3.63) is 35.9 Å². The van der Waals surface area contributed by atoms with Crippen LogP contribution in [0.25, 0.3) is 0 Å². The monoisotopic (exact) mass is 281 g/mol. The fourth-order valence-corrected chi connectivity index (χ4v) is 2.16. The number of benzene rings is 1. The lowest BCUT2D eigenvalue weighted by molar-refractivity contribution is -0.121. The molecule has 0 unspecified atom stereocenters. The molecule has 2 atom stereocenters. The summed E-state index contributed by atoms with van der Waals surface area (Å²) in [5.41, 5.74) is 1.05. The van der Waals surface area contributed by atoms with Crippen LogP contribution in [0.1, 0.15) is 5.56 Å². The zero-order valence-electron chi connectivity index (χ0n) is 11.1. The second-order valence-electron chi connectivity index (χ2n) is 4.75. The lowest BCUT2D eigenvalue weighted by Gasteiger charge is -2.35.